The normalized spacial score (nSPS) is 15.0. The topological polar surface area (TPSA) is 67.6 Å². The molecule has 2 aromatic rings. The summed E-state index contributed by atoms with van der Waals surface area (Å²) in [5, 5.41) is 9.73. The molecule has 1 aromatic heterocycles. The first kappa shape index (κ1) is 16.5. The molecular weight excluding hydrogens is 306 g/mol. The highest BCUT2D eigenvalue weighted by atomic mass is 16.5. The molecule has 1 N–H and O–H groups in total. The van der Waals surface area contributed by atoms with E-state index < -0.39 is 0 Å². The summed E-state index contributed by atoms with van der Waals surface area (Å²) in [6, 6.07) is 5.13. The average molecular weight is 329 g/mol. The molecule has 2 heterocycles. The second-order valence-corrected chi connectivity index (χ2v) is 6.22. The quantitative estimate of drug-likeness (QED) is 0.922. The van der Waals surface area contributed by atoms with E-state index in [2.05, 4.69) is 9.88 Å². The second-order valence-electron chi connectivity index (χ2n) is 6.22. The third-order valence-electron chi connectivity index (χ3n) is 4.69. The van der Waals surface area contributed by atoms with Crippen LogP contribution in [0.25, 0.3) is 0 Å². The van der Waals surface area contributed by atoms with Gasteiger partial charge in [0, 0.05) is 44.2 Å². The van der Waals surface area contributed by atoms with Crippen LogP contribution < -0.4 is 10.3 Å². The van der Waals surface area contributed by atoms with Crippen molar-refractivity contribution < 1.29 is 9.84 Å². The molecule has 128 valence electrons. The fourth-order valence-corrected chi connectivity index (χ4v) is 3.20. The van der Waals surface area contributed by atoms with E-state index in [9.17, 15) is 9.90 Å². The third kappa shape index (κ3) is 3.14. The van der Waals surface area contributed by atoms with Crippen molar-refractivity contribution in [1.29, 1.82) is 0 Å². The molecule has 0 radical (unpaired) electrons. The van der Waals surface area contributed by atoms with Crippen LogP contribution >= 0.6 is 0 Å². The van der Waals surface area contributed by atoms with Gasteiger partial charge in [-0.3, -0.25) is 14.3 Å². The summed E-state index contributed by atoms with van der Waals surface area (Å²) in [7, 11) is 3.40. The van der Waals surface area contributed by atoms with Crippen molar-refractivity contribution >= 4 is 0 Å². The van der Waals surface area contributed by atoms with E-state index in [0.717, 1.165) is 47.9 Å². The average Bonchev–Trinajstić information content (AvgIpc) is 2.76. The van der Waals surface area contributed by atoms with Crippen molar-refractivity contribution in [3.8, 4) is 11.5 Å². The fraction of sp³-hybridized carbons (Fsp3) is 0.444. The van der Waals surface area contributed by atoms with Crippen molar-refractivity contribution in [3.63, 3.8) is 0 Å². The summed E-state index contributed by atoms with van der Waals surface area (Å²) < 4.78 is 7.00. The van der Waals surface area contributed by atoms with Crippen molar-refractivity contribution in [2.75, 3.05) is 20.2 Å². The molecule has 0 amide bonds. The number of aromatic hydroxyl groups is 1. The lowest BCUT2D eigenvalue weighted by atomic mass is 10.1. The number of hydrogen-bond donors (Lipinski definition) is 1. The van der Waals surface area contributed by atoms with Crippen LogP contribution in [0.4, 0.5) is 0 Å². The number of rotatable bonds is 3. The Labute approximate surface area is 141 Å². The van der Waals surface area contributed by atoms with Crippen LogP contribution in [0, 0.1) is 6.92 Å². The molecule has 24 heavy (non-hydrogen) atoms. The third-order valence-corrected chi connectivity index (χ3v) is 4.69. The molecule has 0 saturated carbocycles. The highest BCUT2D eigenvalue weighted by molar-refractivity contribution is 5.39. The lowest BCUT2D eigenvalue weighted by Gasteiger charge is -2.21. The number of phenols is 1. The van der Waals surface area contributed by atoms with Gasteiger partial charge in [-0.25, -0.2) is 4.98 Å². The molecule has 6 heteroatoms. The number of nitrogens with zero attached hydrogens (tertiary/aromatic N) is 3. The molecule has 0 spiro atoms. The van der Waals surface area contributed by atoms with E-state index in [1.54, 1.807) is 36.9 Å². The van der Waals surface area contributed by atoms with Gasteiger partial charge < -0.3 is 9.84 Å². The van der Waals surface area contributed by atoms with Gasteiger partial charge in [0.05, 0.1) is 12.8 Å². The molecule has 0 bridgehead atoms. The van der Waals surface area contributed by atoms with E-state index >= 15 is 0 Å². The number of methoxy groups -OCH3 is 1. The van der Waals surface area contributed by atoms with Gasteiger partial charge in [-0.1, -0.05) is 0 Å². The van der Waals surface area contributed by atoms with Crippen LogP contribution in [-0.4, -0.2) is 39.8 Å². The van der Waals surface area contributed by atoms with Crippen molar-refractivity contribution in [3.05, 3.63) is 51.2 Å². The van der Waals surface area contributed by atoms with Crippen LogP contribution in [0.1, 0.15) is 22.6 Å². The minimum atomic E-state index is 0.0642. The Morgan fingerprint density at radius 2 is 2.04 bits per heavy atom. The highest BCUT2D eigenvalue weighted by Crippen LogP contribution is 2.25. The summed E-state index contributed by atoms with van der Waals surface area (Å²) in [6.45, 7) is 4.14. The molecule has 3 rings (SSSR count). The summed E-state index contributed by atoms with van der Waals surface area (Å²) >= 11 is 0. The number of aromatic nitrogens is 2. The van der Waals surface area contributed by atoms with Gasteiger partial charge in [0.1, 0.15) is 17.3 Å². The lowest BCUT2D eigenvalue weighted by molar-refractivity contribution is 0.273. The minimum Gasteiger partial charge on any atom is -0.508 e. The molecule has 0 aliphatic carbocycles. The van der Waals surface area contributed by atoms with Gasteiger partial charge in [-0.05, 0) is 31.5 Å². The first-order valence-electron chi connectivity index (χ1n) is 8.13. The highest BCUT2D eigenvalue weighted by Gasteiger charge is 2.20. The maximum atomic E-state index is 12.4. The maximum Gasteiger partial charge on any atom is 0.256 e. The summed E-state index contributed by atoms with van der Waals surface area (Å²) in [5.41, 5.74) is 2.75. The van der Waals surface area contributed by atoms with Gasteiger partial charge in [0.2, 0.25) is 0 Å². The largest absolute Gasteiger partial charge is 0.508 e. The molecule has 0 saturated heterocycles. The first-order valence-corrected chi connectivity index (χ1v) is 8.13. The molecule has 6 nitrogen and oxygen atoms in total. The van der Waals surface area contributed by atoms with Crippen molar-refractivity contribution in [2.45, 2.75) is 26.3 Å². The predicted octanol–water partition coefficient (Wildman–Crippen LogP) is 1.40. The van der Waals surface area contributed by atoms with Gasteiger partial charge >= 0.3 is 0 Å². The van der Waals surface area contributed by atoms with Crippen LogP contribution in [0.2, 0.25) is 0 Å². The second kappa shape index (κ2) is 6.65. The number of fused-ring (bicyclic) bond motifs is 1. The molecule has 0 atom stereocenters. The Morgan fingerprint density at radius 3 is 2.79 bits per heavy atom. The lowest BCUT2D eigenvalue weighted by Crippen LogP contribution is -2.28. The summed E-state index contributed by atoms with van der Waals surface area (Å²) in [5.74, 6) is 1.75. The molecule has 1 aromatic carbocycles. The number of aryl methyl sites for hydroxylation is 1. The smallest absolute Gasteiger partial charge is 0.256 e. The standard InChI is InChI=1S/C18H23N3O3/c1-12-19-16-7-9-21(8-6-15(16)18(23)20(12)2)11-13-10-14(22)4-5-17(13)24-3/h4-5,10,22H,6-9,11H2,1-3H3. The van der Waals surface area contributed by atoms with E-state index in [-0.39, 0.29) is 11.3 Å². The zero-order valence-corrected chi connectivity index (χ0v) is 14.4. The zero-order chi connectivity index (χ0) is 17.3. The number of benzene rings is 1. The Balaban J connectivity index is 1.82. The van der Waals surface area contributed by atoms with Crippen LogP contribution in [0.3, 0.4) is 0 Å². The number of phenolic OH excluding ortho intramolecular Hbond substituents is 1. The monoisotopic (exact) mass is 329 g/mol. The van der Waals surface area contributed by atoms with E-state index in [4.69, 9.17) is 4.74 Å². The molecule has 0 unspecified atom stereocenters. The fourth-order valence-electron chi connectivity index (χ4n) is 3.20. The van der Waals surface area contributed by atoms with Crippen LogP contribution in [0.15, 0.2) is 23.0 Å². The van der Waals surface area contributed by atoms with Gasteiger partial charge in [-0.2, -0.15) is 0 Å². The van der Waals surface area contributed by atoms with Crippen LogP contribution in [-0.2, 0) is 26.4 Å². The van der Waals surface area contributed by atoms with Crippen molar-refractivity contribution in [2.24, 2.45) is 7.05 Å². The Morgan fingerprint density at radius 1 is 1.29 bits per heavy atom. The first-order chi connectivity index (χ1) is 11.5. The summed E-state index contributed by atoms with van der Waals surface area (Å²) in [6.07, 6.45) is 1.45. The summed E-state index contributed by atoms with van der Waals surface area (Å²) in [4.78, 5) is 19.3. The molecule has 0 fully saturated rings. The van der Waals surface area contributed by atoms with E-state index in [1.807, 2.05) is 6.92 Å². The Bertz CT molecular complexity index is 814. The molecular formula is C18H23N3O3. The Kier molecular flexibility index (Phi) is 4.57. The van der Waals surface area contributed by atoms with Gasteiger partial charge in [0.15, 0.2) is 0 Å². The van der Waals surface area contributed by atoms with E-state index in [0.29, 0.717) is 13.0 Å². The van der Waals surface area contributed by atoms with Gasteiger partial charge in [-0.15, -0.1) is 0 Å². The van der Waals surface area contributed by atoms with Crippen molar-refractivity contribution in [1.82, 2.24) is 14.5 Å². The SMILES string of the molecule is COc1ccc(O)cc1CN1CCc2nc(C)n(C)c(=O)c2CC1. The maximum absolute atomic E-state index is 12.4. The van der Waals surface area contributed by atoms with Crippen LogP contribution in [0.5, 0.6) is 11.5 Å². The zero-order valence-electron chi connectivity index (χ0n) is 14.4. The van der Waals surface area contributed by atoms with Gasteiger partial charge in [0.25, 0.3) is 5.56 Å². The van der Waals surface area contributed by atoms with E-state index in [1.165, 1.54) is 0 Å². The minimum absolute atomic E-state index is 0.0642. The molecule has 1 aliphatic rings. The molecule has 1 aliphatic heterocycles. The number of hydrogen-bond acceptors (Lipinski definition) is 5. The number of ether oxygens (including phenoxy) is 1. The Hall–Kier alpha value is -2.34. The predicted molar refractivity (Wildman–Crippen MR) is 91.6 cm³/mol.